The van der Waals surface area contributed by atoms with Gasteiger partial charge in [0.15, 0.2) is 17.7 Å². The molecule has 0 saturated carbocycles. The molecule has 1 fully saturated rings. The maximum atomic E-state index is 14.4. The predicted octanol–water partition coefficient (Wildman–Crippen LogP) is -0.892. The van der Waals surface area contributed by atoms with Crippen LogP contribution in [0.4, 0.5) is 4.39 Å². The molecule has 4 atom stereocenters. The van der Waals surface area contributed by atoms with Crippen molar-refractivity contribution >= 4 is 11.7 Å². The number of ether oxygens (including phenoxy) is 1. The minimum Gasteiger partial charge on any atom is -0.394 e. The van der Waals surface area contributed by atoms with Crippen LogP contribution in [0.2, 0.25) is 0 Å². The van der Waals surface area contributed by atoms with Crippen molar-refractivity contribution < 1.29 is 28.9 Å². The largest absolute Gasteiger partial charge is 0.394 e. The fraction of sp³-hybridized carbons (Fsp3) is 0.636. The van der Waals surface area contributed by atoms with Gasteiger partial charge in [-0.3, -0.25) is 14.5 Å². The third-order valence-corrected chi connectivity index (χ3v) is 3.18. The average Bonchev–Trinajstić information content (AvgIpc) is 2.52. The van der Waals surface area contributed by atoms with Crippen LogP contribution < -0.4 is 0 Å². The second kappa shape index (κ2) is 4.42. The highest BCUT2D eigenvalue weighted by atomic mass is 19.1. The Hall–Kier alpha value is -1.31. The minimum atomic E-state index is -2.21. The molecular formula is C11H14FNO5. The van der Waals surface area contributed by atoms with Gasteiger partial charge in [0.2, 0.25) is 5.91 Å². The van der Waals surface area contributed by atoms with Crippen LogP contribution in [0, 0.1) is 0 Å². The van der Waals surface area contributed by atoms with Crippen LogP contribution in [0.15, 0.2) is 12.3 Å². The molecule has 0 bridgehead atoms. The molecule has 1 saturated heterocycles. The number of halogens is 1. The molecule has 0 aromatic heterocycles. The number of allylic oxidation sites excluding steroid dienone is 1. The zero-order chi connectivity index (χ0) is 13.5. The van der Waals surface area contributed by atoms with E-state index < -0.39 is 36.6 Å². The summed E-state index contributed by atoms with van der Waals surface area (Å²) < 4.78 is 19.5. The second-order valence-electron chi connectivity index (χ2n) is 4.57. The molecule has 0 aromatic carbocycles. The quantitative estimate of drug-likeness (QED) is 0.628. The molecule has 0 radical (unpaired) electrons. The molecule has 18 heavy (non-hydrogen) atoms. The molecule has 100 valence electrons. The first kappa shape index (κ1) is 13.1. The third kappa shape index (κ3) is 1.94. The predicted molar refractivity (Wildman–Crippen MR) is 56.9 cm³/mol. The van der Waals surface area contributed by atoms with E-state index in [0.717, 1.165) is 24.1 Å². The summed E-state index contributed by atoms with van der Waals surface area (Å²) in [7, 11) is 0. The minimum absolute atomic E-state index is 0.355. The molecule has 0 aromatic rings. The van der Waals surface area contributed by atoms with E-state index in [0.29, 0.717) is 0 Å². The van der Waals surface area contributed by atoms with E-state index in [4.69, 9.17) is 9.84 Å². The van der Waals surface area contributed by atoms with Crippen molar-refractivity contribution in [1.82, 2.24) is 4.90 Å². The van der Waals surface area contributed by atoms with Crippen molar-refractivity contribution in [1.29, 1.82) is 0 Å². The zero-order valence-electron chi connectivity index (χ0n) is 9.75. The fourth-order valence-corrected chi connectivity index (χ4v) is 2.12. The number of ketones is 1. The maximum Gasteiger partial charge on any atom is 0.236 e. The van der Waals surface area contributed by atoms with Gasteiger partial charge in [-0.25, -0.2) is 4.39 Å². The smallest absolute Gasteiger partial charge is 0.236 e. The Morgan fingerprint density at radius 1 is 1.61 bits per heavy atom. The van der Waals surface area contributed by atoms with Gasteiger partial charge >= 0.3 is 0 Å². The first-order valence-corrected chi connectivity index (χ1v) is 5.53. The van der Waals surface area contributed by atoms with E-state index in [-0.39, 0.29) is 12.2 Å². The van der Waals surface area contributed by atoms with Gasteiger partial charge in [0, 0.05) is 6.20 Å². The Kier molecular flexibility index (Phi) is 3.22. The normalized spacial score (nSPS) is 40.7. The first-order valence-electron chi connectivity index (χ1n) is 5.53. The highest BCUT2D eigenvalue weighted by Gasteiger charge is 2.56. The van der Waals surface area contributed by atoms with Crippen LogP contribution in [0.1, 0.15) is 13.3 Å². The van der Waals surface area contributed by atoms with Crippen molar-refractivity contribution in [2.75, 3.05) is 6.61 Å². The van der Waals surface area contributed by atoms with Gasteiger partial charge in [0.25, 0.3) is 0 Å². The highest BCUT2D eigenvalue weighted by molar-refractivity contribution is 6.06. The Morgan fingerprint density at radius 2 is 2.28 bits per heavy atom. The lowest BCUT2D eigenvalue weighted by atomic mass is 9.97. The Balaban J connectivity index is 2.26. The summed E-state index contributed by atoms with van der Waals surface area (Å²) in [5.41, 5.74) is -2.21. The van der Waals surface area contributed by atoms with Crippen LogP contribution in [0.5, 0.6) is 0 Å². The fourth-order valence-electron chi connectivity index (χ4n) is 2.12. The zero-order valence-corrected chi connectivity index (χ0v) is 9.75. The number of aliphatic hydroxyl groups excluding tert-OH is 2. The molecule has 2 N–H and O–H groups in total. The Bertz CT molecular complexity index is 408. The lowest BCUT2D eigenvalue weighted by molar-refractivity contribution is -0.150. The summed E-state index contributed by atoms with van der Waals surface area (Å²) in [4.78, 5) is 23.6. The summed E-state index contributed by atoms with van der Waals surface area (Å²) in [6.45, 7) is 0.539. The Morgan fingerprint density at radius 3 is 2.78 bits per heavy atom. The molecule has 2 heterocycles. The molecule has 6 nitrogen and oxygen atoms in total. The van der Waals surface area contributed by atoms with Crippen LogP contribution in [-0.4, -0.2) is 57.5 Å². The molecule has 0 aliphatic carbocycles. The number of alkyl halides is 1. The van der Waals surface area contributed by atoms with Crippen molar-refractivity contribution in [3.8, 4) is 0 Å². The van der Waals surface area contributed by atoms with E-state index in [1.807, 2.05) is 0 Å². The van der Waals surface area contributed by atoms with Crippen LogP contribution in [0.3, 0.4) is 0 Å². The van der Waals surface area contributed by atoms with Crippen LogP contribution in [0.25, 0.3) is 0 Å². The maximum absolute atomic E-state index is 14.4. The van der Waals surface area contributed by atoms with E-state index >= 15 is 0 Å². The van der Waals surface area contributed by atoms with Crippen molar-refractivity contribution in [3.63, 3.8) is 0 Å². The molecule has 0 unspecified atom stereocenters. The van der Waals surface area contributed by atoms with E-state index in [9.17, 15) is 19.1 Å². The summed E-state index contributed by atoms with van der Waals surface area (Å²) in [5, 5.41) is 18.6. The van der Waals surface area contributed by atoms with Gasteiger partial charge in [-0.2, -0.15) is 0 Å². The summed E-state index contributed by atoms with van der Waals surface area (Å²) in [5.74, 6) is -0.962. The number of hydrogen-bond donors (Lipinski definition) is 2. The van der Waals surface area contributed by atoms with Crippen molar-refractivity contribution in [2.24, 2.45) is 0 Å². The van der Waals surface area contributed by atoms with Crippen LogP contribution >= 0.6 is 0 Å². The number of amides is 1. The number of nitrogens with zero attached hydrogens (tertiary/aromatic N) is 1. The van der Waals surface area contributed by atoms with Gasteiger partial charge < -0.3 is 14.9 Å². The number of carbonyl (C=O) groups is 2. The molecular weight excluding hydrogens is 245 g/mol. The molecule has 1 amide bonds. The van der Waals surface area contributed by atoms with E-state index in [1.54, 1.807) is 0 Å². The molecule has 7 heteroatoms. The monoisotopic (exact) mass is 259 g/mol. The number of carbonyl (C=O) groups excluding carboxylic acids is 2. The van der Waals surface area contributed by atoms with E-state index in [1.165, 1.54) is 0 Å². The number of hydrogen-bond acceptors (Lipinski definition) is 5. The van der Waals surface area contributed by atoms with E-state index in [2.05, 4.69) is 0 Å². The topological polar surface area (TPSA) is 87.1 Å². The van der Waals surface area contributed by atoms with Crippen molar-refractivity contribution in [3.05, 3.63) is 12.3 Å². The summed E-state index contributed by atoms with van der Waals surface area (Å²) >= 11 is 0. The molecule has 2 rings (SSSR count). The van der Waals surface area contributed by atoms with Crippen molar-refractivity contribution in [2.45, 2.75) is 37.4 Å². The third-order valence-electron chi connectivity index (χ3n) is 3.18. The number of rotatable bonds is 2. The van der Waals surface area contributed by atoms with Gasteiger partial charge in [-0.1, -0.05) is 0 Å². The molecule has 2 aliphatic rings. The average molecular weight is 259 g/mol. The standard InChI is InChI=1S/C11H14FNO5/c1-11(12)9(17)7(5-14)18-10(11)13-3-2-6(15)4-8(13)16/h2-3,7,9-10,14,17H,4-5H2,1H3/t7-,9-,10-,11-/m1/s1. The Labute approximate surface area is 103 Å². The van der Waals surface area contributed by atoms with Gasteiger partial charge in [0.1, 0.15) is 12.2 Å². The van der Waals surface area contributed by atoms with Gasteiger partial charge in [-0.05, 0) is 13.0 Å². The highest BCUT2D eigenvalue weighted by Crippen LogP contribution is 2.37. The molecule has 0 spiro atoms. The molecule has 2 aliphatic heterocycles. The van der Waals surface area contributed by atoms with Gasteiger partial charge in [0.05, 0.1) is 13.0 Å². The van der Waals surface area contributed by atoms with Crippen LogP contribution in [-0.2, 0) is 14.3 Å². The summed E-state index contributed by atoms with van der Waals surface area (Å²) in [6, 6.07) is 0. The lowest BCUT2D eigenvalue weighted by Gasteiger charge is -2.32. The lowest BCUT2D eigenvalue weighted by Crippen LogP contribution is -2.51. The van der Waals surface area contributed by atoms with Gasteiger partial charge in [-0.15, -0.1) is 0 Å². The SMILES string of the molecule is C[C@@]1(F)[C@H](O)[C@@H](CO)O[C@H]1N1C=CC(=O)CC1=O. The summed E-state index contributed by atoms with van der Waals surface area (Å²) in [6.07, 6.45) is -2.04. The number of aliphatic hydroxyl groups is 2. The first-order chi connectivity index (χ1) is 8.37. The second-order valence-corrected chi connectivity index (χ2v) is 4.57.